The van der Waals surface area contributed by atoms with E-state index >= 15 is 0 Å². The Labute approximate surface area is 157 Å². The zero-order chi connectivity index (χ0) is 19.6. The number of rotatable bonds is 10. The van der Waals surface area contributed by atoms with Gasteiger partial charge in [0.15, 0.2) is 0 Å². The number of carbonyl (C=O) groups is 2. The summed E-state index contributed by atoms with van der Waals surface area (Å²) in [5.41, 5.74) is 1.50. The van der Waals surface area contributed by atoms with Crippen LogP contribution in [0.1, 0.15) is 23.6 Å². The second-order valence-electron chi connectivity index (χ2n) is 5.80. The maximum Gasteiger partial charge on any atom is 0.305 e. The molecule has 2 N–H and O–H groups in total. The third kappa shape index (κ3) is 6.31. The van der Waals surface area contributed by atoms with Crippen LogP contribution in [0.15, 0.2) is 48.5 Å². The molecule has 1 amide bonds. The highest BCUT2D eigenvalue weighted by Gasteiger charge is 2.22. The number of benzene rings is 2. The average Bonchev–Trinajstić information content (AvgIpc) is 2.67. The number of hydrogen-bond donors (Lipinski definition) is 2. The molecular formula is C20H23NO6. The lowest BCUT2D eigenvalue weighted by molar-refractivity contribution is -0.138. The molecule has 1 unspecified atom stereocenters. The van der Waals surface area contributed by atoms with Crippen LogP contribution in [0.5, 0.6) is 11.5 Å². The van der Waals surface area contributed by atoms with Gasteiger partial charge >= 0.3 is 5.97 Å². The number of nitrogens with one attached hydrogen (secondary N) is 1. The molecular weight excluding hydrogens is 350 g/mol. The van der Waals surface area contributed by atoms with Crippen molar-refractivity contribution in [3.05, 3.63) is 59.7 Å². The number of carboxylic acids is 1. The van der Waals surface area contributed by atoms with Crippen molar-refractivity contribution < 1.29 is 28.9 Å². The van der Waals surface area contributed by atoms with Gasteiger partial charge in [-0.05, 0) is 17.7 Å². The van der Waals surface area contributed by atoms with Crippen molar-refractivity contribution in [3.63, 3.8) is 0 Å². The molecule has 2 aromatic carbocycles. The summed E-state index contributed by atoms with van der Waals surface area (Å²) in [6.07, 6.45) is -0.285. The molecule has 0 aliphatic rings. The van der Waals surface area contributed by atoms with E-state index in [0.29, 0.717) is 23.7 Å². The molecule has 0 aromatic heterocycles. The van der Waals surface area contributed by atoms with E-state index in [1.54, 1.807) is 18.2 Å². The summed E-state index contributed by atoms with van der Waals surface area (Å²) in [5, 5.41) is 11.9. The van der Waals surface area contributed by atoms with Gasteiger partial charge in [-0.3, -0.25) is 9.59 Å². The van der Waals surface area contributed by atoms with Crippen molar-refractivity contribution >= 4 is 11.9 Å². The first-order valence-corrected chi connectivity index (χ1v) is 8.38. The molecule has 27 heavy (non-hydrogen) atoms. The van der Waals surface area contributed by atoms with Crippen molar-refractivity contribution in [3.8, 4) is 11.5 Å². The van der Waals surface area contributed by atoms with E-state index in [4.69, 9.17) is 14.2 Å². The largest absolute Gasteiger partial charge is 0.497 e. The standard InChI is InChI=1S/C20H23NO6/c1-25-15-8-9-16(18(10-15)26-2)17(11-20(23)24)21-19(22)13-27-12-14-6-4-3-5-7-14/h3-10,17H,11-13H2,1-2H3,(H,21,22)(H,23,24). The van der Waals surface area contributed by atoms with E-state index in [9.17, 15) is 14.7 Å². The Morgan fingerprint density at radius 1 is 1.07 bits per heavy atom. The minimum atomic E-state index is -1.04. The van der Waals surface area contributed by atoms with Crippen LogP contribution in [0.4, 0.5) is 0 Å². The van der Waals surface area contributed by atoms with Crippen LogP contribution < -0.4 is 14.8 Å². The third-order valence-electron chi connectivity index (χ3n) is 3.87. The van der Waals surface area contributed by atoms with E-state index in [1.807, 2.05) is 30.3 Å². The highest BCUT2D eigenvalue weighted by molar-refractivity contribution is 5.79. The fourth-order valence-electron chi connectivity index (χ4n) is 2.59. The second kappa shape index (κ2) is 10.2. The van der Waals surface area contributed by atoms with Crippen LogP contribution in [0.25, 0.3) is 0 Å². The monoisotopic (exact) mass is 373 g/mol. The lowest BCUT2D eigenvalue weighted by atomic mass is 10.0. The number of carboxylic acid groups (broad SMARTS) is 1. The molecule has 2 rings (SSSR count). The first-order chi connectivity index (χ1) is 13.0. The summed E-state index contributed by atoms with van der Waals surface area (Å²) < 4.78 is 15.9. The molecule has 0 spiro atoms. The Morgan fingerprint density at radius 2 is 1.81 bits per heavy atom. The number of carbonyl (C=O) groups excluding carboxylic acids is 1. The molecule has 2 aromatic rings. The zero-order valence-corrected chi connectivity index (χ0v) is 15.3. The first kappa shape index (κ1) is 20.3. The molecule has 7 nitrogen and oxygen atoms in total. The van der Waals surface area contributed by atoms with Gasteiger partial charge in [0.1, 0.15) is 18.1 Å². The minimum absolute atomic E-state index is 0.177. The predicted molar refractivity (Wildman–Crippen MR) is 98.8 cm³/mol. The van der Waals surface area contributed by atoms with Gasteiger partial charge in [-0.25, -0.2) is 0 Å². The summed E-state index contributed by atoms with van der Waals surface area (Å²) in [7, 11) is 3.00. The van der Waals surface area contributed by atoms with E-state index in [2.05, 4.69) is 5.32 Å². The van der Waals surface area contributed by atoms with Crippen LogP contribution in [0.3, 0.4) is 0 Å². The Hall–Kier alpha value is -3.06. The average molecular weight is 373 g/mol. The highest BCUT2D eigenvalue weighted by Crippen LogP contribution is 2.31. The first-order valence-electron chi connectivity index (χ1n) is 8.38. The molecule has 1 atom stereocenters. The van der Waals surface area contributed by atoms with Gasteiger partial charge < -0.3 is 24.6 Å². The van der Waals surface area contributed by atoms with Crippen molar-refractivity contribution in [1.82, 2.24) is 5.32 Å². The highest BCUT2D eigenvalue weighted by atomic mass is 16.5. The third-order valence-corrected chi connectivity index (χ3v) is 3.87. The van der Waals surface area contributed by atoms with Crippen LogP contribution in [-0.2, 0) is 20.9 Å². The quantitative estimate of drug-likeness (QED) is 0.665. The molecule has 0 fully saturated rings. The second-order valence-corrected chi connectivity index (χ2v) is 5.80. The Balaban J connectivity index is 2.03. The normalized spacial score (nSPS) is 11.5. The van der Waals surface area contributed by atoms with Crippen LogP contribution in [0, 0.1) is 0 Å². The number of hydrogen-bond acceptors (Lipinski definition) is 5. The Kier molecular flexibility index (Phi) is 7.63. The summed E-state index contributed by atoms with van der Waals surface area (Å²) in [6.45, 7) is 0.118. The van der Waals surface area contributed by atoms with Crippen molar-refractivity contribution in [1.29, 1.82) is 0 Å². The van der Waals surface area contributed by atoms with Gasteiger partial charge in [-0.2, -0.15) is 0 Å². The number of aliphatic carboxylic acids is 1. The number of ether oxygens (including phenoxy) is 3. The smallest absolute Gasteiger partial charge is 0.305 e. The van der Waals surface area contributed by atoms with Gasteiger partial charge in [-0.15, -0.1) is 0 Å². The van der Waals surface area contributed by atoms with Crippen molar-refractivity contribution in [2.24, 2.45) is 0 Å². The van der Waals surface area contributed by atoms with Gasteiger partial charge in [0.2, 0.25) is 5.91 Å². The van der Waals surface area contributed by atoms with Crippen LogP contribution in [0.2, 0.25) is 0 Å². The molecule has 7 heteroatoms. The summed E-state index contributed by atoms with van der Waals surface area (Å²) in [5.74, 6) is -0.438. The SMILES string of the molecule is COc1ccc(C(CC(=O)O)NC(=O)COCc2ccccc2)c(OC)c1. The lowest BCUT2D eigenvalue weighted by Crippen LogP contribution is -2.33. The summed E-state index contributed by atoms with van der Waals surface area (Å²) in [6, 6.07) is 13.7. The Morgan fingerprint density at radius 3 is 2.44 bits per heavy atom. The fraction of sp³-hybridized carbons (Fsp3) is 0.300. The van der Waals surface area contributed by atoms with Gasteiger partial charge in [0.05, 0.1) is 33.3 Å². The maximum absolute atomic E-state index is 12.2. The van der Waals surface area contributed by atoms with Crippen molar-refractivity contribution in [2.75, 3.05) is 20.8 Å². The Bertz CT molecular complexity index is 762. The molecule has 0 aliphatic carbocycles. The van der Waals surface area contributed by atoms with E-state index in [1.165, 1.54) is 14.2 Å². The summed E-state index contributed by atoms with van der Waals surface area (Å²) >= 11 is 0. The van der Waals surface area contributed by atoms with E-state index < -0.39 is 17.9 Å². The van der Waals surface area contributed by atoms with Gasteiger partial charge in [0.25, 0.3) is 0 Å². The molecule has 0 aliphatic heterocycles. The van der Waals surface area contributed by atoms with Gasteiger partial charge in [-0.1, -0.05) is 30.3 Å². The predicted octanol–water partition coefficient (Wildman–Crippen LogP) is 2.55. The maximum atomic E-state index is 12.2. The summed E-state index contributed by atoms with van der Waals surface area (Å²) in [4.78, 5) is 23.5. The topological polar surface area (TPSA) is 94.1 Å². The van der Waals surface area contributed by atoms with Crippen LogP contribution in [-0.4, -0.2) is 37.8 Å². The van der Waals surface area contributed by atoms with E-state index in [-0.39, 0.29) is 13.0 Å². The molecule has 0 saturated heterocycles. The number of amides is 1. The number of methoxy groups -OCH3 is 2. The van der Waals surface area contributed by atoms with Gasteiger partial charge in [0, 0.05) is 11.6 Å². The zero-order valence-electron chi connectivity index (χ0n) is 15.3. The molecule has 0 heterocycles. The van der Waals surface area contributed by atoms with Crippen molar-refractivity contribution in [2.45, 2.75) is 19.1 Å². The molecule has 0 bridgehead atoms. The van der Waals surface area contributed by atoms with E-state index in [0.717, 1.165) is 5.56 Å². The fourth-order valence-corrected chi connectivity index (χ4v) is 2.59. The molecule has 0 radical (unpaired) electrons. The lowest BCUT2D eigenvalue weighted by Gasteiger charge is -2.20. The molecule has 144 valence electrons. The molecule has 0 saturated carbocycles. The minimum Gasteiger partial charge on any atom is -0.497 e. The van der Waals surface area contributed by atoms with Crippen LogP contribution >= 0.6 is 0 Å².